The molecule has 1 aromatic heterocycles. The number of aromatic carboxylic acids is 1. The minimum absolute atomic E-state index is 0.0564. The van der Waals surface area contributed by atoms with Gasteiger partial charge in [-0.05, 0) is 74.0 Å². The topological polar surface area (TPSA) is 84.2 Å². The Labute approximate surface area is 201 Å². The third kappa shape index (κ3) is 4.23. The van der Waals surface area contributed by atoms with Gasteiger partial charge in [-0.2, -0.15) is 18.3 Å². The summed E-state index contributed by atoms with van der Waals surface area (Å²) in [6.07, 6.45) is 2.48. The normalized spacial score (nSPS) is 27.8. The fraction of sp³-hybridized carbons (Fsp3) is 0.577. The number of carbonyl (C=O) groups is 2. The summed E-state index contributed by atoms with van der Waals surface area (Å²) in [5.74, 6) is 0.612. The smallest absolute Gasteiger partial charge is 0.417 e. The fourth-order valence-electron chi connectivity index (χ4n) is 6.91. The molecule has 0 aliphatic heterocycles. The van der Waals surface area contributed by atoms with Crippen molar-refractivity contribution in [1.82, 2.24) is 15.1 Å². The molecule has 1 amide bonds. The number of nitrogens with zero attached hydrogens (tertiary/aromatic N) is 2. The first-order valence-corrected chi connectivity index (χ1v) is 12.2. The summed E-state index contributed by atoms with van der Waals surface area (Å²) >= 11 is 0. The second-order valence-electron chi connectivity index (χ2n) is 11.5. The molecule has 6 rings (SSSR count). The van der Waals surface area contributed by atoms with Gasteiger partial charge < -0.3 is 10.4 Å². The van der Waals surface area contributed by atoms with E-state index in [-0.39, 0.29) is 17.6 Å². The highest BCUT2D eigenvalue weighted by atomic mass is 19.4. The number of halogens is 3. The molecular formula is C26H30F3N3O3. The van der Waals surface area contributed by atoms with Gasteiger partial charge in [0.2, 0.25) is 0 Å². The number of nitrogens with one attached hydrogen (secondary N) is 1. The number of carbonyl (C=O) groups excluding carboxylic acids is 1. The van der Waals surface area contributed by atoms with Crippen LogP contribution in [0.3, 0.4) is 0 Å². The van der Waals surface area contributed by atoms with Gasteiger partial charge in [0.15, 0.2) is 0 Å². The van der Waals surface area contributed by atoms with Crippen LogP contribution < -0.4 is 5.32 Å². The summed E-state index contributed by atoms with van der Waals surface area (Å²) in [7, 11) is 0. The third-order valence-corrected chi connectivity index (χ3v) is 8.03. The molecule has 2 aromatic rings. The summed E-state index contributed by atoms with van der Waals surface area (Å²) in [5.41, 5.74) is -1.82. The van der Waals surface area contributed by atoms with Gasteiger partial charge in [0, 0.05) is 11.5 Å². The average Bonchev–Trinajstić information content (AvgIpc) is 3.20. The van der Waals surface area contributed by atoms with Crippen LogP contribution in [0.25, 0.3) is 5.69 Å². The van der Waals surface area contributed by atoms with Gasteiger partial charge in [0.1, 0.15) is 0 Å². The summed E-state index contributed by atoms with van der Waals surface area (Å²) in [6.45, 7) is 5.61. The maximum Gasteiger partial charge on any atom is 0.417 e. The van der Waals surface area contributed by atoms with E-state index >= 15 is 0 Å². The van der Waals surface area contributed by atoms with Crippen molar-refractivity contribution in [2.24, 2.45) is 23.7 Å². The number of carboxylic acid groups (broad SMARTS) is 1. The predicted molar refractivity (Wildman–Crippen MR) is 123 cm³/mol. The molecule has 35 heavy (non-hydrogen) atoms. The zero-order valence-electron chi connectivity index (χ0n) is 20.0. The van der Waals surface area contributed by atoms with Crippen LogP contribution in [0.4, 0.5) is 13.2 Å². The van der Waals surface area contributed by atoms with Gasteiger partial charge in [-0.1, -0.05) is 20.8 Å². The maximum absolute atomic E-state index is 13.6. The van der Waals surface area contributed by atoms with E-state index in [9.17, 15) is 27.9 Å². The molecule has 0 radical (unpaired) electrons. The van der Waals surface area contributed by atoms with Crippen LogP contribution in [-0.4, -0.2) is 32.8 Å². The molecule has 1 heterocycles. The van der Waals surface area contributed by atoms with E-state index in [2.05, 4.69) is 10.4 Å². The Kier molecular flexibility index (Phi) is 5.53. The number of alkyl halides is 3. The summed E-state index contributed by atoms with van der Waals surface area (Å²) < 4.78 is 42.2. The molecule has 2 N–H and O–H groups in total. The van der Waals surface area contributed by atoms with E-state index in [1.165, 1.54) is 23.4 Å². The van der Waals surface area contributed by atoms with Crippen molar-refractivity contribution in [3.63, 3.8) is 0 Å². The van der Waals surface area contributed by atoms with Crippen molar-refractivity contribution in [2.45, 2.75) is 70.5 Å². The van der Waals surface area contributed by atoms with Gasteiger partial charge >= 0.3 is 12.1 Å². The minimum atomic E-state index is -4.85. The number of hydrogen-bond donors (Lipinski definition) is 2. The Morgan fingerprint density at radius 3 is 2.11 bits per heavy atom. The van der Waals surface area contributed by atoms with Crippen molar-refractivity contribution >= 4 is 11.9 Å². The molecular weight excluding hydrogens is 459 g/mol. The zero-order valence-corrected chi connectivity index (χ0v) is 20.0. The van der Waals surface area contributed by atoms with E-state index in [4.69, 9.17) is 0 Å². The van der Waals surface area contributed by atoms with E-state index < -0.39 is 28.7 Å². The minimum Gasteiger partial charge on any atom is -0.478 e. The van der Waals surface area contributed by atoms with Gasteiger partial charge in [-0.3, -0.25) is 4.79 Å². The Morgan fingerprint density at radius 1 is 1.00 bits per heavy atom. The molecule has 4 bridgehead atoms. The average molecular weight is 490 g/mol. The standard InChI is InChI=1S/C26H30F3N3O3/c1-25(2,3)22-19(23(33)31-21-15-7-13-6-14(9-15)10-16(21)8-13)12-30-32(22)17-4-5-18(24(34)35)20(11-17)26(27,28)29/h4-5,11-16,21H,6-10H2,1-3H3,(H,31,33)(H,34,35). The number of aromatic nitrogens is 2. The van der Waals surface area contributed by atoms with E-state index in [1.54, 1.807) is 0 Å². The summed E-state index contributed by atoms with van der Waals surface area (Å²) in [4.78, 5) is 24.9. The summed E-state index contributed by atoms with van der Waals surface area (Å²) in [6, 6.07) is 3.13. The lowest BCUT2D eigenvalue weighted by Crippen LogP contribution is -2.55. The van der Waals surface area contributed by atoms with Crippen molar-refractivity contribution < 1.29 is 27.9 Å². The molecule has 9 heteroatoms. The van der Waals surface area contributed by atoms with Gasteiger partial charge in [-0.25, -0.2) is 9.48 Å². The Balaban J connectivity index is 1.50. The largest absolute Gasteiger partial charge is 0.478 e. The highest BCUT2D eigenvalue weighted by molar-refractivity contribution is 5.96. The van der Waals surface area contributed by atoms with E-state index in [1.807, 2.05) is 20.8 Å². The fourth-order valence-corrected chi connectivity index (χ4v) is 6.91. The molecule has 188 valence electrons. The van der Waals surface area contributed by atoms with Crippen LogP contribution in [0, 0.1) is 23.7 Å². The van der Waals surface area contributed by atoms with Gasteiger partial charge in [-0.15, -0.1) is 0 Å². The Morgan fingerprint density at radius 2 is 1.60 bits per heavy atom. The molecule has 4 fully saturated rings. The number of amides is 1. The lowest BCUT2D eigenvalue weighted by atomic mass is 9.54. The van der Waals surface area contributed by atoms with Gasteiger partial charge in [0.25, 0.3) is 5.91 Å². The SMILES string of the molecule is CC(C)(C)c1c(C(=O)NC2C3CC4CC(C3)CC2C4)cnn1-c1ccc(C(=O)O)c(C(F)(F)F)c1. The lowest BCUT2D eigenvalue weighted by Gasteiger charge is -2.54. The van der Waals surface area contributed by atoms with Crippen molar-refractivity contribution in [3.05, 3.63) is 46.8 Å². The first-order valence-electron chi connectivity index (χ1n) is 12.2. The molecule has 0 spiro atoms. The lowest BCUT2D eigenvalue weighted by molar-refractivity contribution is -0.138. The third-order valence-electron chi connectivity index (χ3n) is 8.03. The molecule has 0 unspecified atom stereocenters. The van der Waals surface area contributed by atoms with Crippen molar-refractivity contribution in [1.29, 1.82) is 0 Å². The number of hydrogen-bond acceptors (Lipinski definition) is 3. The second kappa shape index (κ2) is 8.10. The van der Waals surface area contributed by atoms with Crippen molar-refractivity contribution in [2.75, 3.05) is 0 Å². The zero-order chi connectivity index (χ0) is 25.3. The number of benzene rings is 1. The van der Waals surface area contributed by atoms with E-state index in [0.29, 0.717) is 23.1 Å². The maximum atomic E-state index is 13.6. The molecule has 1 aromatic carbocycles. The number of carboxylic acids is 1. The molecule has 0 saturated heterocycles. The van der Waals surface area contributed by atoms with Crippen LogP contribution in [-0.2, 0) is 11.6 Å². The molecule has 6 nitrogen and oxygen atoms in total. The Hall–Kier alpha value is -2.84. The van der Waals surface area contributed by atoms with Crippen molar-refractivity contribution in [3.8, 4) is 5.69 Å². The van der Waals surface area contributed by atoms with Crippen LogP contribution in [0.1, 0.15) is 84.8 Å². The van der Waals surface area contributed by atoms with Gasteiger partial charge in [0.05, 0.1) is 34.3 Å². The van der Waals surface area contributed by atoms with Crippen LogP contribution >= 0.6 is 0 Å². The molecule has 4 saturated carbocycles. The summed E-state index contributed by atoms with van der Waals surface area (Å²) in [5, 5.41) is 16.8. The highest BCUT2D eigenvalue weighted by Crippen LogP contribution is 2.53. The quantitative estimate of drug-likeness (QED) is 0.599. The predicted octanol–water partition coefficient (Wildman–Crippen LogP) is 5.44. The highest BCUT2D eigenvalue weighted by Gasteiger charge is 2.49. The first-order chi connectivity index (χ1) is 16.3. The Bertz CT molecular complexity index is 1150. The van der Waals surface area contributed by atoms with Crippen LogP contribution in [0.15, 0.2) is 24.4 Å². The molecule has 4 aliphatic carbocycles. The molecule has 0 atom stereocenters. The first kappa shape index (κ1) is 23.9. The van der Waals surface area contributed by atoms with E-state index in [0.717, 1.165) is 49.7 Å². The van der Waals surface area contributed by atoms with Crippen LogP contribution in [0.2, 0.25) is 0 Å². The van der Waals surface area contributed by atoms with Crippen LogP contribution in [0.5, 0.6) is 0 Å². The monoisotopic (exact) mass is 489 g/mol. The second-order valence-corrected chi connectivity index (χ2v) is 11.5. The number of rotatable bonds is 4. The molecule has 4 aliphatic rings.